The fourth-order valence-corrected chi connectivity index (χ4v) is 4.32. The molecule has 1 amide bonds. The number of nitrogens with zero attached hydrogens (tertiary/aromatic N) is 1. The number of halogens is 1. The van der Waals surface area contributed by atoms with Crippen LogP contribution in [0.3, 0.4) is 0 Å². The van der Waals surface area contributed by atoms with Gasteiger partial charge in [0, 0.05) is 22.4 Å². The Bertz CT molecular complexity index is 690. The molecule has 7 heteroatoms. The molecule has 1 aromatic carbocycles. The smallest absolute Gasteiger partial charge is 0.321 e. The molecule has 0 N–H and O–H groups in total. The topological polar surface area (TPSA) is 72.9 Å². The molecule has 0 radical (unpaired) electrons. The second kappa shape index (κ2) is 9.71. The first-order valence-electron chi connectivity index (χ1n) is 9.56. The van der Waals surface area contributed by atoms with Gasteiger partial charge in [-0.2, -0.15) is 0 Å². The molecular weight excluding hydrogens is 473 g/mol. The van der Waals surface area contributed by atoms with Crippen LogP contribution in [0.4, 0.5) is 0 Å². The van der Waals surface area contributed by atoms with Gasteiger partial charge in [-0.05, 0) is 19.4 Å². The van der Waals surface area contributed by atoms with Crippen molar-refractivity contribution >= 4 is 40.4 Å². The number of alkyl halides is 1. The zero-order valence-electron chi connectivity index (χ0n) is 16.8. The number of carbonyl (C=O) groups is 3. The molecule has 1 fully saturated rings. The van der Waals surface area contributed by atoms with Crippen LogP contribution in [0.5, 0.6) is 0 Å². The van der Waals surface area contributed by atoms with Crippen LogP contribution in [0.15, 0.2) is 30.3 Å². The van der Waals surface area contributed by atoms with Gasteiger partial charge in [0.15, 0.2) is 5.92 Å². The van der Waals surface area contributed by atoms with Crippen molar-refractivity contribution in [2.24, 2.45) is 17.3 Å². The van der Waals surface area contributed by atoms with Gasteiger partial charge < -0.3 is 14.4 Å². The molecule has 0 bridgehead atoms. The highest BCUT2D eigenvalue weighted by Crippen LogP contribution is 2.47. The van der Waals surface area contributed by atoms with E-state index in [0.29, 0.717) is 13.1 Å². The number of ether oxygens (including phenoxy) is 2. The van der Waals surface area contributed by atoms with Crippen LogP contribution < -0.4 is 0 Å². The van der Waals surface area contributed by atoms with E-state index in [-0.39, 0.29) is 23.0 Å². The average molecular weight is 501 g/mol. The van der Waals surface area contributed by atoms with Crippen molar-refractivity contribution in [1.29, 1.82) is 0 Å². The van der Waals surface area contributed by atoms with Gasteiger partial charge in [-0.25, -0.2) is 0 Å². The molecule has 1 aliphatic heterocycles. The lowest BCUT2D eigenvalue weighted by Gasteiger charge is -2.34. The highest BCUT2D eigenvalue weighted by Gasteiger charge is 2.59. The minimum atomic E-state index is -1.25. The van der Waals surface area contributed by atoms with Gasteiger partial charge in [-0.3, -0.25) is 14.4 Å². The molecule has 1 aliphatic rings. The van der Waals surface area contributed by atoms with E-state index in [9.17, 15) is 14.4 Å². The highest BCUT2D eigenvalue weighted by atomic mass is 127. The molecule has 6 nitrogen and oxygen atoms in total. The Kier molecular flexibility index (Phi) is 7.86. The fraction of sp³-hybridized carbons (Fsp3) is 0.571. The standard InChI is InChI=1S/C21H28INO5/c1-5-27-19(25)16(20(26)28-6-2)17-18(24)23(13-21(17,4)14(3)22)12-15-10-8-7-9-11-15/h7-11,14,16-17H,5-6,12-13H2,1-4H3/t14-,17-,21+/m1/s1. The largest absolute Gasteiger partial charge is 0.465 e. The van der Waals surface area contributed by atoms with Gasteiger partial charge in [0.2, 0.25) is 5.91 Å². The Balaban J connectivity index is 2.42. The molecule has 0 aromatic heterocycles. The van der Waals surface area contributed by atoms with E-state index in [2.05, 4.69) is 22.6 Å². The normalized spacial score (nSPS) is 23.0. The van der Waals surface area contributed by atoms with Crippen LogP contribution in [-0.2, 0) is 30.4 Å². The number of likely N-dealkylation sites (tertiary alicyclic amines) is 1. The molecule has 0 aliphatic carbocycles. The number of rotatable bonds is 8. The third-order valence-corrected chi connectivity index (χ3v) is 6.78. The van der Waals surface area contributed by atoms with Crippen molar-refractivity contribution in [3.63, 3.8) is 0 Å². The summed E-state index contributed by atoms with van der Waals surface area (Å²) in [6, 6.07) is 9.69. The second-order valence-corrected chi connectivity index (χ2v) is 9.13. The Morgan fingerprint density at radius 2 is 1.71 bits per heavy atom. The first-order valence-corrected chi connectivity index (χ1v) is 10.8. The molecular formula is C21H28INO5. The van der Waals surface area contributed by atoms with Crippen molar-refractivity contribution in [1.82, 2.24) is 4.90 Å². The minimum Gasteiger partial charge on any atom is -0.465 e. The maximum atomic E-state index is 13.4. The molecule has 0 spiro atoms. The summed E-state index contributed by atoms with van der Waals surface area (Å²) >= 11 is 2.27. The van der Waals surface area contributed by atoms with E-state index in [1.807, 2.05) is 44.2 Å². The quantitative estimate of drug-likeness (QED) is 0.237. The molecule has 1 saturated heterocycles. The first-order chi connectivity index (χ1) is 13.3. The van der Waals surface area contributed by atoms with Gasteiger partial charge in [0.1, 0.15) is 0 Å². The van der Waals surface area contributed by atoms with E-state index in [1.165, 1.54) is 0 Å². The summed E-state index contributed by atoms with van der Waals surface area (Å²) in [6.45, 7) is 8.50. The summed E-state index contributed by atoms with van der Waals surface area (Å²) in [5, 5.41) is 0. The van der Waals surface area contributed by atoms with E-state index < -0.39 is 29.2 Å². The minimum absolute atomic E-state index is 0.0474. The van der Waals surface area contributed by atoms with Gasteiger partial charge in [-0.1, -0.05) is 66.8 Å². The van der Waals surface area contributed by atoms with Crippen LogP contribution in [-0.4, -0.2) is 46.4 Å². The van der Waals surface area contributed by atoms with Crippen LogP contribution in [0.1, 0.15) is 33.3 Å². The predicted octanol–water partition coefficient (Wildman–Crippen LogP) is 3.22. The van der Waals surface area contributed by atoms with Crippen molar-refractivity contribution in [3.8, 4) is 0 Å². The van der Waals surface area contributed by atoms with Gasteiger partial charge in [-0.15, -0.1) is 0 Å². The molecule has 28 heavy (non-hydrogen) atoms. The summed E-state index contributed by atoms with van der Waals surface area (Å²) < 4.78 is 10.3. The molecule has 2 rings (SSSR count). The maximum Gasteiger partial charge on any atom is 0.321 e. The fourth-order valence-electron chi connectivity index (χ4n) is 3.73. The molecule has 0 saturated carbocycles. The Morgan fingerprint density at radius 3 is 2.18 bits per heavy atom. The lowest BCUT2D eigenvalue weighted by Crippen LogP contribution is -2.46. The monoisotopic (exact) mass is 501 g/mol. The van der Waals surface area contributed by atoms with E-state index in [0.717, 1.165) is 5.56 Å². The Hall–Kier alpha value is -1.64. The van der Waals surface area contributed by atoms with E-state index in [1.54, 1.807) is 18.7 Å². The van der Waals surface area contributed by atoms with Crippen molar-refractivity contribution in [2.75, 3.05) is 19.8 Å². The molecule has 0 unspecified atom stereocenters. The Labute approximate surface area is 180 Å². The summed E-state index contributed by atoms with van der Waals surface area (Å²) in [7, 11) is 0. The van der Waals surface area contributed by atoms with Gasteiger partial charge >= 0.3 is 11.9 Å². The maximum absolute atomic E-state index is 13.4. The number of benzene rings is 1. The van der Waals surface area contributed by atoms with Crippen LogP contribution in [0.2, 0.25) is 0 Å². The van der Waals surface area contributed by atoms with Crippen LogP contribution in [0.25, 0.3) is 0 Å². The van der Waals surface area contributed by atoms with E-state index >= 15 is 0 Å². The predicted molar refractivity (Wildman–Crippen MR) is 114 cm³/mol. The first kappa shape index (κ1) is 22.6. The molecule has 1 heterocycles. The molecule has 3 atom stereocenters. The Morgan fingerprint density at radius 1 is 1.18 bits per heavy atom. The zero-order valence-corrected chi connectivity index (χ0v) is 19.0. The summed E-state index contributed by atoms with van der Waals surface area (Å²) in [6.07, 6.45) is 0. The van der Waals surface area contributed by atoms with Crippen LogP contribution in [0, 0.1) is 17.3 Å². The van der Waals surface area contributed by atoms with Crippen molar-refractivity contribution in [3.05, 3.63) is 35.9 Å². The number of hydrogen-bond acceptors (Lipinski definition) is 5. The van der Waals surface area contributed by atoms with Crippen molar-refractivity contribution in [2.45, 2.75) is 38.2 Å². The number of carbonyl (C=O) groups excluding carboxylic acids is 3. The third kappa shape index (κ3) is 4.67. The highest BCUT2D eigenvalue weighted by molar-refractivity contribution is 14.1. The SMILES string of the molecule is CCOC(=O)C(C(=O)OCC)[C@@H]1C(=O)N(Cc2ccccc2)C[C@@]1(C)[C@@H](C)I. The summed E-state index contributed by atoms with van der Waals surface area (Å²) in [5.74, 6) is -3.66. The number of hydrogen-bond donors (Lipinski definition) is 0. The van der Waals surface area contributed by atoms with E-state index in [4.69, 9.17) is 9.47 Å². The summed E-state index contributed by atoms with van der Waals surface area (Å²) in [4.78, 5) is 40.5. The molecule has 154 valence electrons. The van der Waals surface area contributed by atoms with Gasteiger partial charge in [0.25, 0.3) is 0 Å². The summed E-state index contributed by atoms with van der Waals surface area (Å²) in [5.41, 5.74) is 0.431. The third-order valence-electron chi connectivity index (χ3n) is 5.36. The van der Waals surface area contributed by atoms with Crippen molar-refractivity contribution < 1.29 is 23.9 Å². The number of esters is 2. The zero-order chi connectivity index (χ0) is 20.9. The molecule has 1 aromatic rings. The second-order valence-electron chi connectivity index (χ2n) is 7.26. The van der Waals surface area contributed by atoms with Gasteiger partial charge in [0.05, 0.1) is 19.1 Å². The number of amides is 1. The lowest BCUT2D eigenvalue weighted by molar-refractivity contribution is -0.168. The van der Waals surface area contributed by atoms with Crippen LogP contribution >= 0.6 is 22.6 Å². The average Bonchev–Trinajstić information content (AvgIpc) is 2.89. The lowest BCUT2D eigenvalue weighted by atomic mass is 9.71.